The fourth-order valence-electron chi connectivity index (χ4n) is 3.72. The van der Waals surface area contributed by atoms with E-state index in [-0.39, 0.29) is 6.04 Å². The maximum absolute atomic E-state index is 12.5. The van der Waals surface area contributed by atoms with Crippen molar-refractivity contribution in [2.45, 2.75) is 69.0 Å². The molecule has 2 bridgehead atoms. The molecule has 0 saturated carbocycles. The van der Waals surface area contributed by atoms with Gasteiger partial charge >= 0.3 is 0 Å². The van der Waals surface area contributed by atoms with Crippen LogP contribution in [-0.2, 0) is 16.4 Å². The first kappa shape index (κ1) is 16.0. The summed E-state index contributed by atoms with van der Waals surface area (Å²) in [7, 11) is -3.40. The third kappa shape index (κ3) is 3.70. The molecule has 0 radical (unpaired) electrons. The van der Waals surface area contributed by atoms with Gasteiger partial charge < -0.3 is 5.32 Å². The number of piperidine rings is 1. The smallest absolute Gasteiger partial charge is 0.240 e. The van der Waals surface area contributed by atoms with Crippen molar-refractivity contribution in [2.24, 2.45) is 5.92 Å². The Labute approximate surface area is 133 Å². The van der Waals surface area contributed by atoms with Gasteiger partial charge in [0.05, 0.1) is 4.90 Å². The summed E-state index contributed by atoms with van der Waals surface area (Å²) in [4.78, 5) is 0.380. The molecule has 2 N–H and O–H groups in total. The zero-order chi connectivity index (χ0) is 15.7. The van der Waals surface area contributed by atoms with Crippen LogP contribution in [0.4, 0.5) is 0 Å². The highest BCUT2D eigenvalue weighted by Crippen LogP contribution is 2.27. The quantitative estimate of drug-likeness (QED) is 0.875. The minimum atomic E-state index is -3.40. The molecule has 0 aliphatic carbocycles. The second kappa shape index (κ2) is 6.30. The Kier molecular flexibility index (Phi) is 4.57. The van der Waals surface area contributed by atoms with E-state index in [4.69, 9.17) is 0 Å². The van der Waals surface area contributed by atoms with E-state index in [1.165, 1.54) is 18.4 Å². The molecule has 2 saturated heterocycles. The summed E-state index contributed by atoms with van der Waals surface area (Å²) >= 11 is 0. The number of fused-ring (bicyclic) bond motifs is 2. The van der Waals surface area contributed by atoms with Crippen molar-refractivity contribution in [2.75, 3.05) is 0 Å². The Morgan fingerprint density at radius 2 is 1.73 bits per heavy atom. The molecule has 1 aromatic rings. The van der Waals surface area contributed by atoms with Crippen LogP contribution in [0.25, 0.3) is 0 Å². The summed E-state index contributed by atoms with van der Waals surface area (Å²) in [5.74, 6) is 0.575. The topological polar surface area (TPSA) is 58.2 Å². The molecule has 0 spiro atoms. The number of sulfonamides is 1. The molecule has 2 aliphatic heterocycles. The van der Waals surface area contributed by atoms with Gasteiger partial charge in [-0.25, -0.2) is 13.1 Å². The van der Waals surface area contributed by atoms with Crippen LogP contribution in [0, 0.1) is 5.92 Å². The number of rotatable bonds is 5. The molecule has 4 nitrogen and oxygen atoms in total. The van der Waals surface area contributed by atoms with Crippen molar-refractivity contribution in [1.82, 2.24) is 10.0 Å². The minimum Gasteiger partial charge on any atom is -0.311 e. The average Bonchev–Trinajstić information content (AvgIpc) is 2.77. The molecule has 5 heteroatoms. The highest BCUT2D eigenvalue weighted by Gasteiger charge is 2.35. The Morgan fingerprint density at radius 1 is 1.14 bits per heavy atom. The molecular formula is C17H26N2O2S. The van der Waals surface area contributed by atoms with E-state index in [9.17, 15) is 8.42 Å². The normalized spacial score (nSPS) is 28.2. The predicted octanol–water partition coefficient (Wildman–Crippen LogP) is 2.45. The van der Waals surface area contributed by atoms with Crippen molar-refractivity contribution >= 4 is 10.0 Å². The van der Waals surface area contributed by atoms with Gasteiger partial charge in [0.25, 0.3) is 0 Å². The molecule has 3 rings (SSSR count). The molecule has 2 heterocycles. The second-order valence-electron chi connectivity index (χ2n) is 7.17. The van der Waals surface area contributed by atoms with Crippen molar-refractivity contribution in [1.29, 1.82) is 0 Å². The SMILES string of the molecule is CC(C)Cc1ccc(S(=O)(=O)NC2CC3CCC(C2)N3)cc1. The van der Waals surface area contributed by atoms with Crippen LogP contribution < -0.4 is 10.0 Å². The van der Waals surface area contributed by atoms with Gasteiger partial charge in [0.1, 0.15) is 0 Å². The summed E-state index contributed by atoms with van der Waals surface area (Å²) in [6, 6.07) is 8.37. The lowest BCUT2D eigenvalue weighted by molar-refractivity contribution is 0.345. The molecule has 2 aliphatic rings. The lowest BCUT2D eigenvalue weighted by atomic mass is 10.0. The molecule has 0 aromatic heterocycles. The maximum atomic E-state index is 12.5. The highest BCUT2D eigenvalue weighted by atomic mass is 32.2. The molecular weight excluding hydrogens is 296 g/mol. The first-order chi connectivity index (χ1) is 10.4. The predicted molar refractivity (Wildman–Crippen MR) is 88.3 cm³/mol. The van der Waals surface area contributed by atoms with Crippen molar-refractivity contribution < 1.29 is 8.42 Å². The Balaban J connectivity index is 1.67. The van der Waals surface area contributed by atoms with Gasteiger partial charge in [-0.2, -0.15) is 0 Å². The van der Waals surface area contributed by atoms with Crippen LogP contribution in [0.2, 0.25) is 0 Å². The van der Waals surface area contributed by atoms with Crippen molar-refractivity contribution in [3.05, 3.63) is 29.8 Å². The molecule has 2 atom stereocenters. The van der Waals surface area contributed by atoms with Crippen LogP contribution in [0.15, 0.2) is 29.2 Å². The minimum absolute atomic E-state index is 0.0686. The van der Waals surface area contributed by atoms with Crippen LogP contribution in [0.5, 0.6) is 0 Å². The van der Waals surface area contributed by atoms with Gasteiger partial charge in [0.2, 0.25) is 10.0 Å². The van der Waals surface area contributed by atoms with Crippen molar-refractivity contribution in [3.8, 4) is 0 Å². The standard InChI is InChI=1S/C17H26N2O2S/c1-12(2)9-13-3-7-17(8-4-13)22(20,21)19-16-10-14-5-6-15(11-16)18-14/h3-4,7-8,12,14-16,18-19H,5-6,9-11H2,1-2H3. The second-order valence-corrected chi connectivity index (χ2v) is 8.88. The van der Waals surface area contributed by atoms with E-state index < -0.39 is 10.0 Å². The monoisotopic (exact) mass is 322 g/mol. The first-order valence-electron chi connectivity index (χ1n) is 8.29. The van der Waals surface area contributed by atoms with Crippen LogP contribution >= 0.6 is 0 Å². The van der Waals surface area contributed by atoms with Crippen LogP contribution in [0.3, 0.4) is 0 Å². The van der Waals surface area contributed by atoms with Crippen LogP contribution in [-0.4, -0.2) is 26.5 Å². The lowest BCUT2D eigenvalue weighted by Gasteiger charge is -2.29. The number of benzene rings is 1. The van der Waals surface area contributed by atoms with Gasteiger partial charge in [0, 0.05) is 18.1 Å². The third-order valence-electron chi connectivity index (χ3n) is 4.67. The summed E-state index contributed by atoms with van der Waals surface area (Å²) in [5, 5.41) is 3.54. The molecule has 22 heavy (non-hydrogen) atoms. The largest absolute Gasteiger partial charge is 0.311 e. The Bertz CT molecular complexity index is 598. The van der Waals surface area contributed by atoms with Crippen LogP contribution in [0.1, 0.15) is 45.1 Å². The van der Waals surface area contributed by atoms with E-state index >= 15 is 0 Å². The van der Waals surface area contributed by atoms with E-state index in [0.717, 1.165) is 19.3 Å². The Hall–Kier alpha value is -0.910. The lowest BCUT2D eigenvalue weighted by Crippen LogP contribution is -2.47. The van der Waals surface area contributed by atoms with Gasteiger partial charge in [-0.15, -0.1) is 0 Å². The maximum Gasteiger partial charge on any atom is 0.240 e. The molecule has 2 fully saturated rings. The number of hydrogen-bond donors (Lipinski definition) is 2. The number of hydrogen-bond acceptors (Lipinski definition) is 3. The first-order valence-corrected chi connectivity index (χ1v) is 9.78. The van der Waals surface area contributed by atoms with Gasteiger partial charge in [0.15, 0.2) is 0 Å². The van der Waals surface area contributed by atoms with Gasteiger partial charge in [-0.05, 0) is 55.7 Å². The highest BCUT2D eigenvalue weighted by molar-refractivity contribution is 7.89. The van der Waals surface area contributed by atoms with E-state index in [1.807, 2.05) is 12.1 Å². The summed E-state index contributed by atoms with van der Waals surface area (Å²) in [6.45, 7) is 4.33. The fraction of sp³-hybridized carbons (Fsp3) is 0.647. The zero-order valence-electron chi connectivity index (χ0n) is 13.4. The zero-order valence-corrected chi connectivity index (χ0v) is 14.2. The van der Waals surface area contributed by atoms with Gasteiger partial charge in [-0.1, -0.05) is 26.0 Å². The summed E-state index contributed by atoms with van der Waals surface area (Å²) in [6.07, 6.45) is 5.13. The van der Waals surface area contributed by atoms with Gasteiger partial charge in [-0.3, -0.25) is 0 Å². The van der Waals surface area contributed by atoms with E-state index in [2.05, 4.69) is 23.9 Å². The number of nitrogens with one attached hydrogen (secondary N) is 2. The molecule has 1 aromatic carbocycles. The van der Waals surface area contributed by atoms with Crippen molar-refractivity contribution in [3.63, 3.8) is 0 Å². The average molecular weight is 322 g/mol. The fourth-order valence-corrected chi connectivity index (χ4v) is 4.98. The van der Waals surface area contributed by atoms with E-state index in [1.54, 1.807) is 12.1 Å². The summed E-state index contributed by atoms with van der Waals surface area (Å²) in [5.41, 5.74) is 1.19. The molecule has 122 valence electrons. The summed E-state index contributed by atoms with van der Waals surface area (Å²) < 4.78 is 28.0. The van der Waals surface area contributed by atoms with E-state index in [0.29, 0.717) is 22.9 Å². The third-order valence-corrected chi connectivity index (χ3v) is 6.21. The Morgan fingerprint density at radius 3 is 2.27 bits per heavy atom. The molecule has 0 amide bonds. The molecule has 2 unspecified atom stereocenters.